The highest BCUT2D eigenvalue weighted by Gasteiger charge is 2.12. The van der Waals surface area contributed by atoms with Crippen LogP contribution in [-0.4, -0.2) is 13.0 Å². The van der Waals surface area contributed by atoms with Crippen LogP contribution in [-0.2, 0) is 11.3 Å². The lowest BCUT2D eigenvalue weighted by Gasteiger charge is -2.10. The number of halogens is 2. The predicted octanol–water partition coefficient (Wildman–Crippen LogP) is 4.14. The van der Waals surface area contributed by atoms with Gasteiger partial charge in [-0.15, -0.1) is 0 Å². The number of carbonyl (C=O) groups is 1. The molecule has 2 aromatic rings. The molecule has 0 unspecified atom stereocenters. The SMILES string of the molecule is COc1ccc(Cl)cc1NC(=O)/C(C#N)=C\NCc1ccc(Cl)cc1. The van der Waals surface area contributed by atoms with Crippen LogP contribution < -0.4 is 15.4 Å². The van der Waals surface area contributed by atoms with E-state index in [0.29, 0.717) is 28.0 Å². The van der Waals surface area contributed by atoms with Crippen molar-refractivity contribution >= 4 is 34.8 Å². The number of nitriles is 1. The van der Waals surface area contributed by atoms with Crippen molar-refractivity contribution in [3.63, 3.8) is 0 Å². The van der Waals surface area contributed by atoms with E-state index in [1.165, 1.54) is 13.3 Å². The van der Waals surface area contributed by atoms with Gasteiger partial charge in [-0.3, -0.25) is 4.79 Å². The van der Waals surface area contributed by atoms with Crippen molar-refractivity contribution in [2.24, 2.45) is 0 Å². The summed E-state index contributed by atoms with van der Waals surface area (Å²) in [6.45, 7) is 0.454. The quantitative estimate of drug-likeness (QED) is 0.587. The summed E-state index contributed by atoms with van der Waals surface area (Å²) >= 11 is 11.8. The van der Waals surface area contributed by atoms with Crippen molar-refractivity contribution in [3.8, 4) is 11.8 Å². The monoisotopic (exact) mass is 375 g/mol. The van der Waals surface area contributed by atoms with Crippen molar-refractivity contribution < 1.29 is 9.53 Å². The van der Waals surface area contributed by atoms with E-state index in [0.717, 1.165) is 5.56 Å². The normalized spacial score (nSPS) is 10.7. The zero-order valence-corrected chi connectivity index (χ0v) is 14.9. The predicted molar refractivity (Wildman–Crippen MR) is 98.6 cm³/mol. The molecular formula is C18H15Cl2N3O2. The molecular weight excluding hydrogens is 361 g/mol. The minimum atomic E-state index is -0.563. The first-order chi connectivity index (χ1) is 12.0. The molecule has 7 heteroatoms. The zero-order valence-electron chi connectivity index (χ0n) is 13.3. The molecule has 0 aliphatic rings. The first kappa shape index (κ1) is 18.7. The van der Waals surface area contributed by atoms with E-state index in [1.807, 2.05) is 18.2 Å². The van der Waals surface area contributed by atoms with E-state index in [-0.39, 0.29) is 5.57 Å². The molecule has 0 saturated heterocycles. The van der Waals surface area contributed by atoms with Crippen LogP contribution in [0.25, 0.3) is 0 Å². The topological polar surface area (TPSA) is 74.1 Å². The molecule has 0 aromatic heterocycles. The van der Waals surface area contributed by atoms with E-state index in [9.17, 15) is 10.1 Å². The molecule has 25 heavy (non-hydrogen) atoms. The van der Waals surface area contributed by atoms with Crippen molar-refractivity contribution in [1.82, 2.24) is 5.32 Å². The highest BCUT2D eigenvalue weighted by atomic mass is 35.5. The van der Waals surface area contributed by atoms with Crippen molar-refractivity contribution in [2.45, 2.75) is 6.54 Å². The maximum absolute atomic E-state index is 12.3. The van der Waals surface area contributed by atoms with Crippen LogP contribution in [0.1, 0.15) is 5.56 Å². The highest BCUT2D eigenvalue weighted by Crippen LogP contribution is 2.27. The molecule has 2 aromatic carbocycles. The van der Waals surface area contributed by atoms with Crippen LogP contribution in [0.4, 0.5) is 5.69 Å². The number of amides is 1. The van der Waals surface area contributed by atoms with Gasteiger partial charge in [0.25, 0.3) is 5.91 Å². The Morgan fingerprint density at radius 1 is 1.20 bits per heavy atom. The van der Waals surface area contributed by atoms with Gasteiger partial charge in [-0.25, -0.2) is 0 Å². The molecule has 0 atom stereocenters. The molecule has 0 aliphatic heterocycles. The molecule has 2 rings (SSSR count). The Balaban J connectivity index is 2.04. The maximum atomic E-state index is 12.3. The second kappa shape index (κ2) is 8.97. The lowest BCUT2D eigenvalue weighted by molar-refractivity contribution is -0.112. The van der Waals surface area contributed by atoms with Crippen molar-refractivity contribution in [1.29, 1.82) is 5.26 Å². The van der Waals surface area contributed by atoms with Gasteiger partial charge < -0.3 is 15.4 Å². The Morgan fingerprint density at radius 2 is 1.88 bits per heavy atom. The summed E-state index contributed by atoms with van der Waals surface area (Å²) in [5, 5.41) is 15.8. The van der Waals surface area contributed by atoms with Crippen LogP contribution in [0.2, 0.25) is 10.0 Å². The molecule has 0 radical (unpaired) electrons. The number of hydrogen-bond acceptors (Lipinski definition) is 4. The van der Waals surface area contributed by atoms with Gasteiger partial charge in [0.05, 0.1) is 12.8 Å². The second-order valence-corrected chi connectivity index (χ2v) is 5.85. The molecule has 2 N–H and O–H groups in total. The highest BCUT2D eigenvalue weighted by molar-refractivity contribution is 6.31. The van der Waals surface area contributed by atoms with Gasteiger partial charge in [0.2, 0.25) is 0 Å². The number of anilines is 1. The summed E-state index contributed by atoms with van der Waals surface area (Å²) in [6, 6.07) is 13.9. The van der Waals surface area contributed by atoms with E-state index in [1.54, 1.807) is 30.3 Å². The van der Waals surface area contributed by atoms with E-state index < -0.39 is 5.91 Å². The van der Waals surface area contributed by atoms with Crippen LogP contribution in [0.5, 0.6) is 5.75 Å². The summed E-state index contributed by atoms with van der Waals surface area (Å²) < 4.78 is 5.16. The fourth-order valence-corrected chi connectivity index (χ4v) is 2.29. The Morgan fingerprint density at radius 3 is 2.52 bits per heavy atom. The summed E-state index contributed by atoms with van der Waals surface area (Å²) in [7, 11) is 1.48. The minimum absolute atomic E-state index is 0.0732. The van der Waals surface area contributed by atoms with E-state index in [2.05, 4.69) is 10.6 Å². The first-order valence-corrected chi connectivity index (χ1v) is 8.02. The summed E-state index contributed by atoms with van der Waals surface area (Å²) in [4.78, 5) is 12.3. The fraction of sp³-hybridized carbons (Fsp3) is 0.111. The number of ether oxygens (including phenoxy) is 1. The number of nitrogens with zero attached hydrogens (tertiary/aromatic N) is 1. The number of benzene rings is 2. The molecule has 128 valence electrons. The second-order valence-electron chi connectivity index (χ2n) is 4.98. The Hall–Kier alpha value is -2.68. The first-order valence-electron chi connectivity index (χ1n) is 7.26. The van der Waals surface area contributed by atoms with Crippen LogP contribution in [0, 0.1) is 11.3 Å². The van der Waals surface area contributed by atoms with Crippen LogP contribution in [0.3, 0.4) is 0 Å². The number of rotatable bonds is 6. The molecule has 1 amide bonds. The van der Waals surface area contributed by atoms with Gasteiger partial charge in [0.15, 0.2) is 0 Å². The third-order valence-corrected chi connectivity index (χ3v) is 3.73. The summed E-state index contributed by atoms with van der Waals surface area (Å²) in [5.74, 6) is -0.115. The number of carbonyl (C=O) groups excluding carboxylic acids is 1. The van der Waals surface area contributed by atoms with E-state index in [4.69, 9.17) is 27.9 Å². The van der Waals surface area contributed by atoms with Gasteiger partial charge in [0, 0.05) is 22.8 Å². The summed E-state index contributed by atoms with van der Waals surface area (Å²) in [5.41, 5.74) is 1.28. The molecule has 0 saturated carbocycles. The van der Waals surface area contributed by atoms with E-state index >= 15 is 0 Å². The smallest absolute Gasteiger partial charge is 0.267 e. The van der Waals surface area contributed by atoms with Crippen LogP contribution >= 0.6 is 23.2 Å². The minimum Gasteiger partial charge on any atom is -0.495 e. The molecule has 0 aliphatic carbocycles. The van der Waals surface area contributed by atoms with Crippen LogP contribution in [0.15, 0.2) is 54.2 Å². The largest absolute Gasteiger partial charge is 0.495 e. The third-order valence-electron chi connectivity index (χ3n) is 3.24. The summed E-state index contributed by atoms with van der Waals surface area (Å²) in [6.07, 6.45) is 1.36. The van der Waals surface area contributed by atoms with Gasteiger partial charge in [0.1, 0.15) is 17.4 Å². The van der Waals surface area contributed by atoms with Gasteiger partial charge in [-0.1, -0.05) is 35.3 Å². The van der Waals surface area contributed by atoms with Gasteiger partial charge in [-0.05, 0) is 35.9 Å². The number of nitrogens with one attached hydrogen (secondary N) is 2. The standard InChI is InChI=1S/C18H15Cl2N3O2/c1-25-17-7-6-15(20)8-16(17)23-18(24)13(9-21)11-22-10-12-2-4-14(19)5-3-12/h2-8,11,22H,10H2,1H3,(H,23,24)/b13-11-. The molecule has 0 bridgehead atoms. The third kappa shape index (κ3) is 5.42. The number of methoxy groups -OCH3 is 1. The molecule has 0 heterocycles. The van der Waals surface area contributed by atoms with Gasteiger partial charge in [-0.2, -0.15) is 5.26 Å². The van der Waals surface area contributed by atoms with Gasteiger partial charge >= 0.3 is 0 Å². The molecule has 0 fully saturated rings. The average Bonchev–Trinajstić information content (AvgIpc) is 2.60. The fourth-order valence-electron chi connectivity index (χ4n) is 1.99. The Bertz CT molecular complexity index is 827. The lowest BCUT2D eigenvalue weighted by atomic mass is 10.2. The van der Waals surface area contributed by atoms with Crippen molar-refractivity contribution in [3.05, 3.63) is 69.8 Å². The number of hydrogen-bond donors (Lipinski definition) is 2. The zero-order chi connectivity index (χ0) is 18.2. The molecule has 5 nitrogen and oxygen atoms in total. The molecule has 0 spiro atoms. The average molecular weight is 376 g/mol. The Labute approximate surface area is 155 Å². The Kier molecular flexibility index (Phi) is 6.70. The maximum Gasteiger partial charge on any atom is 0.267 e. The van der Waals surface area contributed by atoms with Crippen molar-refractivity contribution in [2.75, 3.05) is 12.4 Å². The lowest BCUT2D eigenvalue weighted by Crippen LogP contribution is -2.17.